The van der Waals surface area contributed by atoms with Gasteiger partial charge in [0.1, 0.15) is 0 Å². The third-order valence-corrected chi connectivity index (χ3v) is 4.06. The predicted molar refractivity (Wildman–Crippen MR) is 89.8 cm³/mol. The molecule has 112 valence electrons. The van der Waals surface area contributed by atoms with Crippen molar-refractivity contribution in [2.75, 3.05) is 6.54 Å². The van der Waals surface area contributed by atoms with Crippen LogP contribution in [0.3, 0.4) is 0 Å². The molecule has 0 radical (unpaired) electrons. The number of benzene rings is 1. The molecule has 2 nitrogen and oxygen atoms in total. The summed E-state index contributed by atoms with van der Waals surface area (Å²) in [6.45, 7) is 11.8. The van der Waals surface area contributed by atoms with Gasteiger partial charge >= 0.3 is 0 Å². The lowest BCUT2D eigenvalue weighted by atomic mass is 9.92. The lowest BCUT2D eigenvalue weighted by Crippen LogP contribution is -2.24. The van der Waals surface area contributed by atoms with Crippen LogP contribution in [0.25, 0.3) is 0 Å². The number of rotatable bonds is 5. The Labute approximate surface area is 128 Å². The van der Waals surface area contributed by atoms with Gasteiger partial charge in [-0.1, -0.05) is 25.1 Å². The maximum Gasteiger partial charge on any atom is 0.0594 e. The topological polar surface area (TPSA) is 24.9 Å². The molecule has 1 aromatic heterocycles. The highest BCUT2D eigenvalue weighted by Gasteiger charge is 2.16. The number of hydrogen-bond acceptors (Lipinski definition) is 2. The number of aromatic nitrogens is 1. The minimum atomic E-state index is 0.220. The smallest absolute Gasteiger partial charge is 0.0594 e. The van der Waals surface area contributed by atoms with Gasteiger partial charge in [-0.2, -0.15) is 0 Å². The van der Waals surface area contributed by atoms with Crippen LogP contribution >= 0.6 is 0 Å². The molecular formula is C19H26N2. The quantitative estimate of drug-likeness (QED) is 0.879. The van der Waals surface area contributed by atoms with Crippen molar-refractivity contribution in [2.45, 2.75) is 47.1 Å². The fourth-order valence-electron chi connectivity index (χ4n) is 2.64. The van der Waals surface area contributed by atoms with Crippen LogP contribution < -0.4 is 5.32 Å². The molecule has 0 aliphatic carbocycles. The zero-order chi connectivity index (χ0) is 15.4. The first-order chi connectivity index (χ1) is 10.0. The van der Waals surface area contributed by atoms with E-state index in [1.54, 1.807) is 0 Å². The summed E-state index contributed by atoms with van der Waals surface area (Å²) in [6.07, 6.45) is 3.12. The van der Waals surface area contributed by atoms with Crippen molar-refractivity contribution >= 4 is 0 Å². The fraction of sp³-hybridized carbons (Fsp3) is 0.421. The van der Waals surface area contributed by atoms with E-state index in [0.29, 0.717) is 0 Å². The summed E-state index contributed by atoms with van der Waals surface area (Å²) < 4.78 is 0. The molecule has 2 heteroatoms. The van der Waals surface area contributed by atoms with Gasteiger partial charge in [0.05, 0.1) is 6.04 Å². The molecule has 2 rings (SSSR count). The standard InChI is InChI=1S/C19H26N2/c1-6-9-20-19(17-8-7-16(5)21-12-17)18-11-14(3)13(2)10-15(18)4/h7-8,10-12,19-20H,6,9H2,1-5H3. The Kier molecular flexibility index (Phi) is 5.13. The summed E-state index contributed by atoms with van der Waals surface area (Å²) in [4.78, 5) is 4.46. The largest absolute Gasteiger partial charge is 0.306 e. The lowest BCUT2D eigenvalue weighted by Gasteiger charge is -2.22. The lowest BCUT2D eigenvalue weighted by molar-refractivity contribution is 0.594. The first-order valence-electron chi connectivity index (χ1n) is 7.76. The van der Waals surface area contributed by atoms with E-state index >= 15 is 0 Å². The number of pyridine rings is 1. The van der Waals surface area contributed by atoms with Crippen molar-refractivity contribution in [3.05, 3.63) is 64.0 Å². The van der Waals surface area contributed by atoms with Crippen molar-refractivity contribution in [1.82, 2.24) is 10.3 Å². The molecule has 1 N–H and O–H groups in total. The van der Waals surface area contributed by atoms with Crippen LogP contribution in [0.4, 0.5) is 0 Å². The summed E-state index contributed by atoms with van der Waals surface area (Å²) >= 11 is 0. The van der Waals surface area contributed by atoms with E-state index in [1.165, 1.54) is 27.8 Å². The van der Waals surface area contributed by atoms with Gasteiger partial charge in [0.25, 0.3) is 0 Å². The Morgan fingerprint density at radius 2 is 1.71 bits per heavy atom. The van der Waals surface area contributed by atoms with Gasteiger partial charge in [0.2, 0.25) is 0 Å². The van der Waals surface area contributed by atoms with Crippen LogP contribution in [0.15, 0.2) is 30.5 Å². The number of aryl methyl sites for hydroxylation is 4. The molecular weight excluding hydrogens is 256 g/mol. The van der Waals surface area contributed by atoms with Crippen LogP contribution in [0, 0.1) is 27.7 Å². The van der Waals surface area contributed by atoms with Crippen molar-refractivity contribution in [2.24, 2.45) is 0 Å². The highest BCUT2D eigenvalue weighted by atomic mass is 14.9. The molecule has 1 aromatic carbocycles. The maximum absolute atomic E-state index is 4.46. The molecule has 0 fully saturated rings. The Morgan fingerprint density at radius 3 is 2.33 bits per heavy atom. The van der Waals surface area contributed by atoms with Crippen LogP contribution in [0.2, 0.25) is 0 Å². The van der Waals surface area contributed by atoms with Gasteiger partial charge in [0.15, 0.2) is 0 Å². The Balaban J connectivity index is 2.45. The zero-order valence-electron chi connectivity index (χ0n) is 13.8. The van der Waals surface area contributed by atoms with Gasteiger partial charge in [-0.05, 0) is 74.5 Å². The van der Waals surface area contributed by atoms with E-state index < -0.39 is 0 Å². The summed E-state index contributed by atoms with van der Waals surface area (Å²) in [7, 11) is 0. The van der Waals surface area contributed by atoms with Crippen molar-refractivity contribution in [3.8, 4) is 0 Å². The molecule has 0 spiro atoms. The molecule has 0 saturated carbocycles. The summed E-state index contributed by atoms with van der Waals surface area (Å²) in [5.74, 6) is 0. The maximum atomic E-state index is 4.46. The fourth-order valence-corrected chi connectivity index (χ4v) is 2.64. The van der Waals surface area contributed by atoms with Crippen molar-refractivity contribution in [3.63, 3.8) is 0 Å². The minimum Gasteiger partial charge on any atom is -0.306 e. The number of nitrogens with zero attached hydrogens (tertiary/aromatic N) is 1. The first-order valence-corrected chi connectivity index (χ1v) is 7.76. The molecule has 1 unspecified atom stereocenters. The van der Waals surface area contributed by atoms with E-state index in [1.807, 2.05) is 13.1 Å². The van der Waals surface area contributed by atoms with E-state index in [0.717, 1.165) is 18.7 Å². The second kappa shape index (κ2) is 6.86. The van der Waals surface area contributed by atoms with E-state index in [9.17, 15) is 0 Å². The molecule has 0 aliphatic rings. The normalized spacial score (nSPS) is 12.4. The molecule has 0 amide bonds. The third kappa shape index (κ3) is 3.70. The van der Waals surface area contributed by atoms with Crippen LogP contribution in [0.1, 0.15) is 52.9 Å². The molecule has 0 bridgehead atoms. The van der Waals surface area contributed by atoms with E-state index in [2.05, 4.69) is 62.3 Å². The predicted octanol–water partition coefficient (Wildman–Crippen LogP) is 4.40. The second-order valence-corrected chi connectivity index (χ2v) is 5.91. The van der Waals surface area contributed by atoms with Crippen molar-refractivity contribution in [1.29, 1.82) is 0 Å². The van der Waals surface area contributed by atoms with Crippen molar-refractivity contribution < 1.29 is 0 Å². The summed E-state index contributed by atoms with van der Waals surface area (Å²) in [6, 6.07) is 9.10. The van der Waals surface area contributed by atoms with E-state index in [-0.39, 0.29) is 6.04 Å². The molecule has 2 aromatic rings. The highest BCUT2D eigenvalue weighted by Crippen LogP contribution is 2.27. The average molecular weight is 282 g/mol. The SMILES string of the molecule is CCCNC(c1ccc(C)nc1)c1cc(C)c(C)cc1C. The monoisotopic (exact) mass is 282 g/mol. The average Bonchev–Trinajstić information content (AvgIpc) is 2.46. The number of hydrogen-bond donors (Lipinski definition) is 1. The van der Waals surface area contributed by atoms with Crippen LogP contribution in [-0.2, 0) is 0 Å². The van der Waals surface area contributed by atoms with Gasteiger partial charge in [-0.25, -0.2) is 0 Å². The molecule has 1 atom stereocenters. The second-order valence-electron chi connectivity index (χ2n) is 5.91. The first kappa shape index (κ1) is 15.7. The van der Waals surface area contributed by atoms with Crippen LogP contribution in [0.5, 0.6) is 0 Å². The minimum absolute atomic E-state index is 0.220. The molecule has 0 saturated heterocycles. The summed E-state index contributed by atoms with van der Waals surface area (Å²) in [5, 5.41) is 3.67. The molecule has 1 heterocycles. The van der Waals surface area contributed by atoms with E-state index in [4.69, 9.17) is 0 Å². The van der Waals surface area contributed by atoms with Gasteiger partial charge in [-0.15, -0.1) is 0 Å². The molecule has 21 heavy (non-hydrogen) atoms. The molecule has 0 aliphatic heterocycles. The Morgan fingerprint density at radius 1 is 1.00 bits per heavy atom. The summed E-state index contributed by atoms with van der Waals surface area (Å²) in [5.41, 5.74) is 7.70. The van der Waals surface area contributed by atoms with Gasteiger partial charge in [0, 0.05) is 11.9 Å². The van der Waals surface area contributed by atoms with Crippen LogP contribution in [-0.4, -0.2) is 11.5 Å². The van der Waals surface area contributed by atoms with Gasteiger partial charge < -0.3 is 5.32 Å². The number of nitrogens with one attached hydrogen (secondary N) is 1. The third-order valence-electron chi connectivity index (χ3n) is 4.06. The Hall–Kier alpha value is -1.67. The zero-order valence-corrected chi connectivity index (χ0v) is 13.8. The Bertz CT molecular complexity index is 600. The van der Waals surface area contributed by atoms with Gasteiger partial charge in [-0.3, -0.25) is 4.98 Å². The highest BCUT2D eigenvalue weighted by molar-refractivity contribution is 5.42.